The van der Waals surface area contributed by atoms with E-state index in [-0.39, 0.29) is 5.78 Å². The molecule has 0 spiro atoms. The minimum absolute atomic E-state index is 0.0244. The van der Waals surface area contributed by atoms with Crippen LogP contribution in [0.25, 0.3) is 0 Å². The molecule has 0 N–H and O–H groups in total. The zero-order valence-electron chi connectivity index (χ0n) is 6.34. The molecule has 0 atom stereocenters. The third kappa shape index (κ3) is 3.27. The second-order valence-corrected chi connectivity index (χ2v) is 7.83. The molecular weight excluding hydrogens is 509 g/mol. The van der Waals surface area contributed by atoms with Gasteiger partial charge < -0.3 is 0 Å². The van der Waals surface area contributed by atoms with E-state index in [4.69, 9.17) is 3.07 Å². The fraction of sp³-hybridized carbons (Fsp3) is 0.125. The van der Waals surface area contributed by atoms with E-state index in [9.17, 15) is 4.79 Å². The van der Waals surface area contributed by atoms with Crippen LogP contribution in [0.3, 0.4) is 0 Å². The molecule has 0 saturated heterocycles. The highest BCUT2D eigenvalue weighted by Gasteiger charge is 2.33. The number of alkyl halides is 2. The number of hydrogen-bond acceptors (Lipinski definition) is 2. The highest BCUT2D eigenvalue weighted by atomic mass is 127. The monoisotopic (exact) mass is 514 g/mol. The van der Waals surface area contributed by atoms with E-state index in [1.165, 1.54) is 0 Å². The lowest BCUT2D eigenvalue weighted by Crippen LogP contribution is -2.24. The van der Waals surface area contributed by atoms with E-state index in [1.54, 1.807) is 35.1 Å². The SMILES string of the molecule is O=C(c1ccccc1)C(I)(I)OI. The molecule has 1 aromatic rings. The summed E-state index contributed by atoms with van der Waals surface area (Å²) in [6.07, 6.45) is 0. The molecule has 0 saturated carbocycles. The highest BCUT2D eigenvalue weighted by Crippen LogP contribution is 2.35. The van der Waals surface area contributed by atoms with Gasteiger partial charge in [-0.3, -0.25) is 7.86 Å². The quantitative estimate of drug-likeness (QED) is 0.350. The first-order valence-corrected chi connectivity index (χ1v) is 6.39. The van der Waals surface area contributed by atoms with Crippen molar-refractivity contribution >= 4 is 74.0 Å². The van der Waals surface area contributed by atoms with Crippen LogP contribution in [0.1, 0.15) is 10.4 Å². The molecule has 70 valence electrons. The summed E-state index contributed by atoms with van der Waals surface area (Å²) in [6, 6.07) is 9.12. The lowest BCUT2D eigenvalue weighted by molar-refractivity contribution is 0.0924. The zero-order chi connectivity index (χ0) is 9.90. The molecule has 0 aliphatic rings. The van der Waals surface area contributed by atoms with Crippen molar-refractivity contribution in [1.29, 1.82) is 0 Å². The van der Waals surface area contributed by atoms with E-state index in [2.05, 4.69) is 0 Å². The minimum atomic E-state index is -0.808. The minimum Gasteiger partial charge on any atom is -0.289 e. The number of ketones is 1. The summed E-state index contributed by atoms with van der Waals surface area (Å²) < 4.78 is 4.24. The first-order chi connectivity index (χ1) is 6.08. The lowest BCUT2D eigenvalue weighted by Gasteiger charge is -2.14. The Kier molecular flexibility index (Phi) is 4.86. The molecule has 0 amide bonds. The van der Waals surface area contributed by atoms with E-state index < -0.39 is 1.61 Å². The maximum Gasteiger partial charge on any atom is 0.242 e. The van der Waals surface area contributed by atoms with Crippen LogP contribution in [0.5, 0.6) is 0 Å². The average molecular weight is 514 g/mol. The van der Waals surface area contributed by atoms with E-state index in [0.717, 1.165) is 0 Å². The normalized spacial score (nSPS) is 11.3. The predicted octanol–water partition coefficient (Wildman–Crippen LogP) is 3.76. The molecule has 0 aromatic heterocycles. The molecule has 0 bridgehead atoms. The molecule has 5 heteroatoms. The van der Waals surface area contributed by atoms with Crippen LogP contribution in [-0.2, 0) is 3.07 Å². The average Bonchev–Trinajstić information content (AvgIpc) is 2.18. The van der Waals surface area contributed by atoms with Gasteiger partial charge in [0.15, 0.2) is 0 Å². The van der Waals surface area contributed by atoms with E-state index in [0.29, 0.717) is 5.56 Å². The number of halogens is 3. The van der Waals surface area contributed by atoms with Gasteiger partial charge in [-0.25, -0.2) is 0 Å². The number of rotatable bonds is 3. The standard InChI is InChI=1S/C8H5I3O2/c9-8(10,13-11)7(12)6-4-2-1-3-5-6/h1-5H. The van der Waals surface area contributed by atoms with Crippen LogP contribution >= 0.6 is 68.2 Å². The van der Waals surface area contributed by atoms with Crippen LogP contribution < -0.4 is 0 Å². The Morgan fingerprint density at radius 3 is 2.23 bits per heavy atom. The van der Waals surface area contributed by atoms with Gasteiger partial charge in [0.05, 0.1) is 0 Å². The second-order valence-electron chi connectivity index (χ2n) is 2.29. The third-order valence-electron chi connectivity index (χ3n) is 1.40. The van der Waals surface area contributed by atoms with Gasteiger partial charge in [-0.15, -0.1) is 0 Å². The van der Waals surface area contributed by atoms with E-state index >= 15 is 0 Å². The van der Waals surface area contributed by atoms with Crippen LogP contribution in [-0.4, -0.2) is 7.40 Å². The topological polar surface area (TPSA) is 26.3 Å². The van der Waals surface area contributed by atoms with Crippen molar-refractivity contribution < 1.29 is 7.86 Å². The van der Waals surface area contributed by atoms with Gasteiger partial charge in [0.25, 0.3) is 0 Å². The molecule has 0 unspecified atom stereocenters. The summed E-state index contributed by atoms with van der Waals surface area (Å²) in [7, 11) is 0. The number of hydrogen-bond donors (Lipinski definition) is 0. The van der Waals surface area contributed by atoms with Gasteiger partial charge in [-0.1, -0.05) is 30.3 Å². The molecule has 2 nitrogen and oxygen atoms in total. The second kappa shape index (κ2) is 5.21. The molecular formula is C8H5I3O2. The fourth-order valence-corrected chi connectivity index (χ4v) is 1.62. The first-order valence-electron chi connectivity index (χ1n) is 3.35. The molecule has 0 heterocycles. The summed E-state index contributed by atoms with van der Waals surface area (Å²) in [5, 5.41) is 0. The van der Waals surface area contributed by atoms with E-state index in [1.807, 2.05) is 63.4 Å². The smallest absolute Gasteiger partial charge is 0.242 e. The van der Waals surface area contributed by atoms with Crippen molar-refractivity contribution in [2.24, 2.45) is 0 Å². The molecule has 1 rings (SSSR count). The fourth-order valence-electron chi connectivity index (χ4n) is 0.793. The molecule has 0 fully saturated rings. The van der Waals surface area contributed by atoms with Gasteiger partial charge >= 0.3 is 0 Å². The molecule has 1 aromatic carbocycles. The predicted molar refractivity (Wildman–Crippen MR) is 76.6 cm³/mol. The van der Waals surface area contributed by atoms with Gasteiger partial charge in [0.2, 0.25) is 7.40 Å². The largest absolute Gasteiger partial charge is 0.289 e. The number of Topliss-reactive ketones (excluding diaryl/α,β-unsaturated/α-hetero) is 1. The Bertz CT molecular complexity index is 298. The molecule has 13 heavy (non-hydrogen) atoms. The van der Waals surface area contributed by atoms with Crippen LogP contribution in [0, 0.1) is 0 Å². The van der Waals surface area contributed by atoms with Crippen molar-refractivity contribution in [2.75, 3.05) is 0 Å². The Morgan fingerprint density at radius 2 is 1.77 bits per heavy atom. The lowest BCUT2D eigenvalue weighted by atomic mass is 10.1. The van der Waals surface area contributed by atoms with Crippen molar-refractivity contribution in [3.8, 4) is 0 Å². The van der Waals surface area contributed by atoms with Crippen LogP contribution in [0.4, 0.5) is 0 Å². The Morgan fingerprint density at radius 1 is 1.23 bits per heavy atom. The molecule has 0 aliphatic carbocycles. The van der Waals surface area contributed by atoms with Crippen molar-refractivity contribution in [3.63, 3.8) is 0 Å². The summed E-state index contributed by atoms with van der Waals surface area (Å²) in [5.74, 6) is -0.0244. The van der Waals surface area contributed by atoms with Gasteiger partial charge in [-0.2, -0.15) is 0 Å². The first kappa shape index (κ1) is 12.1. The Balaban J connectivity index is 2.93. The Hall–Kier alpha value is 1.04. The van der Waals surface area contributed by atoms with Gasteiger partial charge in [0, 0.05) is 5.56 Å². The summed E-state index contributed by atoms with van der Waals surface area (Å²) >= 11 is 5.69. The summed E-state index contributed by atoms with van der Waals surface area (Å²) in [5.41, 5.74) is 0.669. The zero-order valence-corrected chi connectivity index (χ0v) is 12.8. The third-order valence-corrected chi connectivity index (χ3v) is 5.16. The van der Waals surface area contributed by atoms with Crippen molar-refractivity contribution in [2.45, 2.75) is 1.61 Å². The maximum atomic E-state index is 11.8. The highest BCUT2D eigenvalue weighted by molar-refractivity contribution is 14.2. The summed E-state index contributed by atoms with van der Waals surface area (Å²) in [4.78, 5) is 11.8. The van der Waals surface area contributed by atoms with Gasteiger partial charge in [0.1, 0.15) is 23.0 Å². The van der Waals surface area contributed by atoms with Crippen molar-refractivity contribution in [1.82, 2.24) is 0 Å². The van der Waals surface area contributed by atoms with Crippen LogP contribution in [0.15, 0.2) is 30.3 Å². The summed E-state index contributed by atoms with van der Waals surface area (Å²) in [6.45, 7) is 0. The Labute approximate surface area is 118 Å². The molecule has 0 radical (unpaired) electrons. The van der Waals surface area contributed by atoms with Crippen LogP contribution in [0.2, 0.25) is 0 Å². The van der Waals surface area contributed by atoms with Gasteiger partial charge in [-0.05, 0) is 45.2 Å². The number of benzene rings is 1. The maximum absolute atomic E-state index is 11.8. The number of carbonyl (C=O) groups is 1. The number of carbonyl (C=O) groups excluding carboxylic acids is 1. The van der Waals surface area contributed by atoms with Crippen molar-refractivity contribution in [3.05, 3.63) is 35.9 Å². The molecule has 0 aliphatic heterocycles.